The number of aromatic nitrogens is 2. The number of halogens is 1. The molecule has 0 atom stereocenters. The monoisotopic (exact) mass is 315 g/mol. The van der Waals surface area contributed by atoms with Crippen LogP contribution in [0.2, 0.25) is 0 Å². The Morgan fingerprint density at radius 2 is 2.00 bits per heavy atom. The summed E-state index contributed by atoms with van der Waals surface area (Å²) < 4.78 is 13.2. The standard InChI is InChI=1S/C16H18FN5O/c1-21-7-9-22(10-8-21)15(23)14-5-6-18-16(20-14)19-13-4-2-3-12(17)11-13/h2-6,11H,7-10H2,1H3,(H,18,19,20). The topological polar surface area (TPSA) is 61.4 Å². The Bertz CT molecular complexity index is 700. The summed E-state index contributed by atoms with van der Waals surface area (Å²) in [7, 11) is 2.04. The summed E-state index contributed by atoms with van der Waals surface area (Å²) in [6.45, 7) is 3.08. The van der Waals surface area contributed by atoms with Crippen molar-refractivity contribution in [2.45, 2.75) is 0 Å². The van der Waals surface area contributed by atoms with Crippen LogP contribution in [-0.4, -0.2) is 58.9 Å². The number of nitrogens with one attached hydrogen (secondary N) is 1. The number of carbonyl (C=O) groups excluding carboxylic acids is 1. The zero-order valence-corrected chi connectivity index (χ0v) is 12.9. The van der Waals surface area contributed by atoms with Crippen LogP contribution in [0.25, 0.3) is 0 Å². The number of rotatable bonds is 3. The first-order valence-electron chi connectivity index (χ1n) is 7.45. The highest BCUT2D eigenvalue weighted by Gasteiger charge is 2.21. The molecule has 1 saturated heterocycles. The van der Waals surface area contributed by atoms with Crippen molar-refractivity contribution in [3.63, 3.8) is 0 Å². The molecule has 0 saturated carbocycles. The predicted octanol–water partition coefficient (Wildman–Crippen LogP) is 1.75. The number of piperazine rings is 1. The van der Waals surface area contributed by atoms with E-state index in [-0.39, 0.29) is 17.7 Å². The normalized spacial score (nSPS) is 15.5. The Morgan fingerprint density at radius 3 is 2.74 bits per heavy atom. The summed E-state index contributed by atoms with van der Waals surface area (Å²) in [4.78, 5) is 24.8. The molecule has 1 fully saturated rings. The fourth-order valence-electron chi connectivity index (χ4n) is 2.40. The minimum atomic E-state index is -0.348. The number of likely N-dealkylation sites (N-methyl/N-ethyl adjacent to an activating group) is 1. The van der Waals surface area contributed by atoms with E-state index in [1.165, 1.54) is 18.3 Å². The predicted molar refractivity (Wildman–Crippen MR) is 85.1 cm³/mol. The van der Waals surface area contributed by atoms with Gasteiger partial charge in [0, 0.05) is 38.1 Å². The maximum Gasteiger partial charge on any atom is 0.272 e. The van der Waals surface area contributed by atoms with Crippen molar-refractivity contribution in [3.8, 4) is 0 Å². The lowest BCUT2D eigenvalue weighted by molar-refractivity contribution is 0.0658. The van der Waals surface area contributed by atoms with Crippen molar-refractivity contribution in [2.75, 3.05) is 38.5 Å². The van der Waals surface area contributed by atoms with Gasteiger partial charge in [0.15, 0.2) is 0 Å². The zero-order valence-electron chi connectivity index (χ0n) is 12.9. The van der Waals surface area contributed by atoms with Crippen LogP contribution in [0, 0.1) is 5.82 Å². The molecule has 1 aliphatic heterocycles. The van der Waals surface area contributed by atoms with Gasteiger partial charge in [-0.05, 0) is 31.3 Å². The fourth-order valence-corrected chi connectivity index (χ4v) is 2.40. The smallest absolute Gasteiger partial charge is 0.272 e. The van der Waals surface area contributed by atoms with E-state index in [9.17, 15) is 9.18 Å². The van der Waals surface area contributed by atoms with Crippen molar-refractivity contribution >= 4 is 17.5 Å². The maximum atomic E-state index is 13.2. The molecule has 2 aromatic rings. The molecule has 6 nitrogen and oxygen atoms in total. The van der Waals surface area contributed by atoms with Crippen LogP contribution in [0.1, 0.15) is 10.5 Å². The van der Waals surface area contributed by atoms with Crippen LogP contribution < -0.4 is 5.32 Å². The van der Waals surface area contributed by atoms with Crippen LogP contribution in [0.5, 0.6) is 0 Å². The van der Waals surface area contributed by atoms with Gasteiger partial charge in [-0.2, -0.15) is 0 Å². The summed E-state index contributed by atoms with van der Waals surface area (Å²) in [5.41, 5.74) is 0.873. The van der Waals surface area contributed by atoms with E-state index in [0.29, 0.717) is 24.5 Å². The van der Waals surface area contributed by atoms with E-state index in [4.69, 9.17) is 0 Å². The highest BCUT2D eigenvalue weighted by molar-refractivity contribution is 5.92. The van der Waals surface area contributed by atoms with Gasteiger partial charge in [-0.1, -0.05) is 6.07 Å². The molecule has 0 radical (unpaired) electrons. The van der Waals surface area contributed by atoms with Crippen molar-refractivity contribution in [1.29, 1.82) is 0 Å². The number of amides is 1. The van der Waals surface area contributed by atoms with E-state index < -0.39 is 0 Å². The number of anilines is 2. The summed E-state index contributed by atoms with van der Waals surface area (Å²) >= 11 is 0. The number of hydrogen-bond acceptors (Lipinski definition) is 5. The zero-order chi connectivity index (χ0) is 16.2. The maximum absolute atomic E-state index is 13.2. The highest BCUT2D eigenvalue weighted by atomic mass is 19.1. The lowest BCUT2D eigenvalue weighted by atomic mass is 10.3. The largest absolute Gasteiger partial charge is 0.335 e. The molecule has 7 heteroatoms. The second kappa shape index (κ2) is 6.70. The molecular formula is C16H18FN5O. The van der Waals surface area contributed by atoms with Crippen LogP contribution >= 0.6 is 0 Å². The number of benzene rings is 1. The number of nitrogens with zero attached hydrogens (tertiary/aromatic N) is 4. The van der Waals surface area contributed by atoms with Crippen LogP contribution in [0.4, 0.5) is 16.0 Å². The van der Waals surface area contributed by atoms with Gasteiger partial charge < -0.3 is 15.1 Å². The first-order chi connectivity index (χ1) is 11.1. The lowest BCUT2D eigenvalue weighted by Gasteiger charge is -2.32. The van der Waals surface area contributed by atoms with E-state index >= 15 is 0 Å². The van der Waals surface area contributed by atoms with Crippen molar-refractivity contribution in [1.82, 2.24) is 19.8 Å². The molecule has 3 rings (SSSR count). The van der Waals surface area contributed by atoms with Crippen LogP contribution in [-0.2, 0) is 0 Å². The van der Waals surface area contributed by atoms with E-state index in [0.717, 1.165) is 13.1 Å². The second-order valence-corrected chi connectivity index (χ2v) is 5.50. The van der Waals surface area contributed by atoms with Gasteiger partial charge in [0.2, 0.25) is 5.95 Å². The first-order valence-corrected chi connectivity index (χ1v) is 7.45. The summed E-state index contributed by atoms with van der Waals surface area (Å²) in [6.07, 6.45) is 1.53. The Balaban J connectivity index is 1.73. The summed E-state index contributed by atoms with van der Waals surface area (Å²) in [5.74, 6) is -0.182. The molecule has 1 N–H and O–H groups in total. The minimum absolute atomic E-state index is 0.109. The van der Waals surface area contributed by atoms with E-state index in [1.54, 1.807) is 23.1 Å². The molecule has 23 heavy (non-hydrogen) atoms. The molecule has 1 amide bonds. The average molecular weight is 315 g/mol. The van der Waals surface area contributed by atoms with Gasteiger partial charge in [-0.25, -0.2) is 14.4 Å². The first kappa shape index (κ1) is 15.4. The molecular weight excluding hydrogens is 297 g/mol. The molecule has 2 heterocycles. The van der Waals surface area contributed by atoms with Crippen LogP contribution in [0.3, 0.4) is 0 Å². The van der Waals surface area contributed by atoms with Crippen molar-refractivity contribution in [3.05, 3.63) is 48.0 Å². The Hall–Kier alpha value is -2.54. The van der Waals surface area contributed by atoms with Gasteiger partial charge >= 0.3 is 0 Å². The highest BCUT2D eigenvalue weighted by Crippen LogP contribution is 2.14. The number of hydrogen-bond donors (Lipinski definition) is 1. The van der Waals surface area contributed by atoms with Crippen molar-refractivity contribution < 1.29 is 9.18 Å². The third-order valence-electron chi connectivity index (χ3n) is 3.75. The molecule has 0 spiro atoms. The lowest BCUT2D eigenvalue weighted by Crippen LogP contribution is -2.47. The molecule has 0 bridgehead atoms. The Labute approximate surface area is 134 Å². The third-order valence-corrected chi connectivity index (χ3v) is 3.75. The van der Waals surface area contributed by atoms with Gasteiger partial charge in [0.05, 0.1) is 0 Å². The Morgan fingerprint density at radius 1 is 1.22 bits per heavy atom. The van der Waals surface area contributed by atoms with Gasteiger partial charge in [0.25, 0.3) is 5.91 Å². The number of carbonyl (C=O) groups is 1. The van der Waals surface area contributed by atoms with Gasteiger partial charge in [-0.15, -0.1) is 0 Å². The van der Waals surface area contributed by atoms with Crippen LogP contribution in [0.15, 0.2) is 36.5 Å². The molecule has 0 unspecified atom stereocenters. The third kappa shape index (κ3) is 3.81. The fraction of sp³-hybridized carbons (Fsp3) is 0.312. The quantitative estimate of drug-likeness (QED) is 0.935. The van der Waals surface area contributed by atoms with Crippen molar-refractivity contribution in [2.24, 2.45) is 0 Å². The summed E-state index contributed by atoms with van der Waals surface area (Å²) in [5, 5.41) is 2.91. The second-order valence-electron chi connectivity index (χ2n) is 5.50. The van der Waals surface area contributed by atoms with Gasteiger partial charge in [0.1, 0.15) is 11.5 Å². The van der Waals surface area contributed by atoms with E-state index in [1.807, 2.05) is 7.05 Å². The minimum Gasteiger partial charge on any atom is -0.335 e. The Kier molecular flexibility index (Phi) is 4.47. The molecule has 1 aromatic carbocycles. The molecule has 0 aliphatic carbocycles. The molecule has 120 valence electrons. The summed E-state index contributed by atoms with van der Waals surface area (Å²) in [6, 6.07) is 7.60. The SMILES string of the molecule is CN1CCN(C(=O)c2ccnc(Nc3cccc(F)c3)n2)CC1. The average Bonchev–Trinajstić information content (AvgIpc) is 2.55. The molecule has 1 aliphatic rings. The van der Waals surface area contributed by atoms with E-state index in [2.05, 4.69) is 20.2 Å². The molecule has 1 aromatic heterocycles. The van der Waals surface area contributed by atoms with Gasteiger partial charge in [-0.3, -0.25) is 4.79 Å².